The summed E-state index contributed by atoms with van der Waals surface area (Å²) < 4.78 is 43.9. The zero-order chi connectivity index (χ0) is 21.0. The Bertz CT molecular complexity index is 1040. The molecule has 0 spiro atoms. The zero-order valence-electron chi connectivity index (χ0n) is 15.7. The van der Waals surface area contributed by atoms with Gasteiger partial charge in [-0.3, -0.25) is 9.00 Å². The number of carbonyl (C=O) groups excluding carboxylic acids is 2. The summed E-state index contributed by atoms with van der Waals surface area (Å²) in [5, 5.41) is -0.543. The van der Waals surface area contributed by atoms with Crippen LogP contribution in [0.4, 0.5) is 4.79 Å². The monoisotopic (exact) mass is 435 g/mol. The first kappa shape index (κ1) is 21.2. The van der Waals surface area contributed by atoms with Crippen molar-refractivity contribution in [3.05, 3.63) is 65.7 Å². The number of sulfone groups is 1. The van der Waals surface area contributed by atoms with Gasteiger partial charge >= 0.3 is 5.30 Å². The molecule has 2 aromatic rings. The van der Waals surface area contributed by atoms with E-state index in [1.165, 1.54) is 6.92 Å². The minimum Gasteiger partial charge on any atom is -0.449 e. The third-order valence-corrected chi connectivity index (χ3v) is 8.20. The van der Waals surface area contributed by atoms with E-state index < -0.39 is 36.4 Å². The molecule has 1 aliphatic rings. The van der Waals surface area contributed by atoms with Crippen molar-refractivity contribution >= 4 is 31.8 Å². The highest BCUT2D eigenvalue weighted by Crippen LogP contribution is 2.39. The molecule has 9 heteroatoms. The molecule has 0 fully saturated rings. The molecule has 154 valence electrons. The summed E-state index contributed by atoms with van der Waals surface area (Å²) in [6, 6.07) is 15.2. The maximum atomic E-state index is 13.0. The Labute approximate surface area is 171 Å². The van der Waals surface area contributed by atoms with Crippen LogP contribution in [-0.2, 0) is 36.8 Å². The van der Waals surface area contributed by atoms with E-state index >= 15 is 0 Å². The van der Waals surface area contributed by atoms with Crippen molar-refractivity contribution in [3.63, 3.8) is 0 Å². The van der Waals surface area contributed by atoms with Gasteiger partial charge in [0.05, 0.1) is 21.3 Å². The SMILES string of the molecule is CC(=O)NC[C@H]1CC(S(=O)(=O)C(=O)OCc2ccccc2)c2ccccc2S1=O. The van der Waals surface area contributed by atoms with Crippen molar-refractivity contribution in [2.75, 3.05) is 6.54 Å². The number of nitrogens with one attached hydrogen (secondary N) is 1. The summed E-state index contributed by atoms with van der Waals surface area (Å²) >= 11 is 0. The second-order valence-electron chi connectivity index (χ2n) is 6.69. The molecule has 0 saturated heterocycles. The second-order valence-corrected chi connectivity index (χ2v) is 10.4. The van der Waals surface area contributed by atoms with Gasteiger partial charge in [-0.2, -0.15) is 0 Å². The molecule has 29 heavy (non-hydrogen) atoms. The molecule has 0 bridgehead atoms. The van der Waals surface area contributed by atoms with Crippen molar-refractivity contribution in [2.45, 2.75) is 35.3 Å². The average Bonchev–Trinajstić information content (AvgIpc) is 2.72. The van der Waals surface area contributed by atoms with Crippen molar-refractivity contribution in [1.29, 1.82) is 0 Å². The molecule has 0 radical (unpaired) electrons. The molecule has 0 saturated carbocycles. The lowest BCUT2D eigenvalue weighted by Gasteiger charge is -2.30. The number of benzene rings is 2. The highest BCUT2D eigenvalue weighted by atomic mass is 32.2. The van der Waals surface area contributed by atoms with Crippen LogP contribution >= 0.6 is 0 Å². The summed E-state index contributed by atoms with van der Waals surface area (Å²) in [4.78, 5) is 24.0. The zero-order valence-corrected chi connectivity index (χ0v) is 17.4. The molecule has 2 unspecified atom stereocenters. The molecular formula is C20H21NO6S2. The maximum absolute atomic E-state index is 13.0. The van der Waals surface area contributed by atoms with E-state index in [4.69, 9.17) is 4.74 Å². The minimum absolute atomic E-state index is 0.0489. The fraction of sp³-hybridized carbons (Fsp3) is 0.300. The van der Waals surface area contributed by atoms with Crippen LogP contribution in [0.1, 0.15) is 29.7 Å². The van der Waals surface area contributed by atoms with E-state index in [0.717, 1.165) is 0 Å². The number of carbonyl (C=O) groups is 2. The summed E-state index contributed by atoms with van der Waals surface area (Å²) in [6.45, 7) is 1.23. The lowest BCUT2D eigenvalue weighted by Crippen LogP contribution is -2.39. The minimum atomic E-state index is -4.35. The van der Waals surface area contributed by atoms with Gasteiger partial charge in [0.15, 0.2) is 0 Å². The molecule has 2 aromatic carbocycles. The van der Waals surface area contributed by atoms with Gasteiger partial charge < -0.3 is 10.1 Å². The summed E-state index contributed by atoms with van der Waals surface area (Å²) in [6.07, 6.45) is -0.0489. The van der Waals surface area contributed by atoms with Crippen LogP contribution in [0.5, 0.6) is 0 Å². The topological polar surface area (TPSA) is 107 Å². The molecule has 3 rings (SSSR count). The summed E-state index contributed by atoms with van der Waals surface area (Å²) in [5.41, 5.74) is 1.01. The second kappa shape index (κ2) is 8.87. The van der Waals surface area contributed by atoms with Crippen molar-refractivity contribution in [1.82, 2.24) is 5.32 Å². The fourth-order valence-corrected chi connectivity index (χ4v) is 6.48. The molecule has 0 aliphatic carbocycles. The molecular weight excluding hydrogens is 414 g/mol. The highest BCUT2D eigenvalue weighted by Gasteiger charge is 2.43. The Balaban J connectivity index is 1.86. The number of rotatable bonds is 5. The van der Waals surface area contributed by atoms with Crippen molar-refractivity contribution < 1.29 is 27.0 Å². The smallest absolute Gasteiger partial charge is 0.425 e. The largest absolute Gasteiger partial charge is 0.449 e. The quantitative estimate of drug-likeness (QED) is 0.723. The average molecular weight is 436 g/mol. The van der Waals surface area contributed by atoms with Gasteiger partial charge in [0, 0.05) is 18.4 Å². The standard InChI is InChI=1S/C20H21NO6S2/c1-14(22)21-12-16-11-19(17-9-5-6-10-18(17)28(16)24)29(25,26)20(23)27-13-15-7-3-2-4-8-15/h2-10,16,19H,11-13H2,1H3,(H,21,22)/t16-,19?,28?/m1/s1. The predicted molar refractivity (Wildman–Crippen MR) is 108 cm³/mol. The molecule has 1 N–H and O–H groups in total. The van der Waals surface area contributed by atoms with E-state index in [-0.39, 0.29) is 25.5 Å². The number of fused-ring (bicyclic) bond motifs is 1. The Morgan fingerprint density at radius 1 is 1.10 bits per heavy atom. The third-order valence-electron chi connectivity index (χ3n) is 4.65. The van der Waals surface area contributed by atoms with Gasteiger partial charge in [0.2, 0.25) is 5.91 Å². The van der Waals surface area contributed by atoms with Crippen molar-refractivity contribution in [3.8, 4) is 0 Å². The predicted octanol–water partition coefficient (Wildman–Crippen LogP) is 2.50. The number of hydrogen-bond donors (Lipinski definition) is 1. The van der Waals surface area contributed by atoms with E-state index in [1.54, 1.807) is 54.6 Å². The van der Waals surface area contributed by atoms with Crippen LogP contribution in [-0.4, -0.2) is 35.6 Å². The van der Waals surface area contributed by atoms with Gasteiger partial charge in [-0.05, 0) is 23.6 Å². The van der Waals surface area contributed by atoms with Crippen LogP contribution in [0, 0.1) is 0 Å². The highest BCUT2D eigenvalue weighted by molar-refractivity contribution is 8.06. The summed E-state index contributed by atoms with van der Waals surface area (Å²) in [5.74, 6) is -0.303. The van der Waals surface area contributed by atoms with Crippen LogP contribution < -0.4 is 5.32 Å². The van der Waals surface area contributed by atoms with Gasteiger partial charge in [0.1, 0.15) is 6.61 Å². The van der Waals surface area contributed by atoms with Gasteiger partial charge in [-0.25, -0.2) is 13.2 Å². The Hall–Kier alpha value is -2.52. The summed E-state index contributed by atoms with van der Waals surface area (Å²) in [7, 11) is -5.85. The number of amides is 1. The number of hydrogen-bond acceptors (Lipinski definition) is 6. The Kier molecular flexibility index (Phi) is 6.49. The van der Waals surface area contributed by atoms with Crippen LogP contribution in [0.2, 0.25) is 0 Å². The molecule has 3 atom stereocenters. The number of ether oxygens (including phenoxy) is 1. The van der Waals surface area contributed by atoms with Gasteiger partial charge in [0.25, 0.3) is 9.84 Å². The molecule has 1 heterocycles. The molecule has 0 aromatic heterocycles. The van der Waals surface area contributed by atoms with Crippen LogP contribution in [0.25, 0.3) is 0 Å². The molecule has 7 nitrogen and oxygen atoms in total. The van der Waals surface area contributed by atoms with E-state index in [9.17, 15) is 22.2 Å². The van der Waals surface area contributed by atoms with E-state index in [1.807, 2.05) is 0 Å². The Morgan fingerprint density at radius 2 is 1.76 bits per heavy atom. The normalized spacial score (nSPS) is 21.1. The van der Waals surface area contributed by atoms with Crippen molar-refractivity contribution in [2.24, 2.45) is 0 Å². The molecule has 1 amide bonds. The lowest BCUT2D eigenvalue weighted by molar-refractivity contribution is -0.118. The molecule has 1 aliphatic heterocycles. The first-order chi connectivity index (χ1) is 13.8. The first-order valence-corrected chi connectivity index (χ1v) is 11.7. The van der Waals surface area contributed by atoms with Gasteiger partial charge in [-0.1, -0.05) is 48.5 Å². The first-order valence-electron chi connectivity index (χ1n) is 8.99. The van der Waals surface area contributed by atoms with E-state index in [2.05, 4.69) is 5.32 Å². The van der Waals surface area contributed by atoms with Gasteiger partial charge in [-0.15, -0.1) is 0 Å². The van der Waals surface area contributed by atoms with Crippen LogP contribution in [0.3, 0.4) is 0 Å². The lowest BCUT2D eigenvalue weighted by atomic mass is 10.1. The van der Waals surface area contributed by atoms with Crippen LogP contribution in [0.15, 0.2) is 59.5 Å². The fourth-order valence-electron chi connectivity index (χ4n) is 3.19. The Morgan fingerprint density at radius 3 is 2.45 bits per heavy atom. The maximum Gasteiger partial charge on any atom is 0.425 e. The van der Waals surface area contributed by atoms with E-state index in [0.29, 0.717) is 16.0 Å². The third kappa shape index (κ3) is 4.73.